The van der Waals surface area contributed by atoms with Crippen LogP contribution in [0.1, 0.15) is 20.8 Å². The van der Waals surface area contributed by atoms with Gasteiger partial charge in [0.2, 0.25) is 5.91 Å². The van der Waals surface area contributed by atoms with E-state index in [1.807, 2.05) is 24.3 Å². The van der Waals surface area contributed by atoms with Gasteiger partial charge in [-0.2, -0.15) is 0 Å². The predicted octanol–water partition coefficient (Wildman–Crippen LogP) is 2.26. The second-order valence-corrected chi connectivity index (χ2v) is 4.87. The van der Waals surface area contributed by atoms with Crippen molar-refractivity contribution in [3.63, 3.8) is 0 Å². The van der Waals surface area contributed by atoms with Gasteiger partial charge in [-0.05, 0) is 38.1 Å². The third-order valence-electron chi connectivity index (χ3n) is 3.15. The molecule has 0 spiro atoms. The average molecular weight is 248 g/mol. The van der Waals surface area contributed by atoms with Crippen molar-refractivity contribution >= 4 is 17.3 Å². The van der Waals surface area contributed by atoms with Gasteiger partial charge in [0.15, 0.2) is 0 Å². The molecule has 0 bridgehead atoms. The predicted molar refractivity (Wildman–Crippen MR) is 73.0 cm³/mol. The molecule has 1 aliphatic heterocycles. The summed E-state index contributed by atoms with van der Waals surface area (Å²) in [6, 6.07) is 8.71. The molecule has 18 heavy (non-hydrogen) atoms. The Morgan fingerprint density at radius 3 is 2.28 bits per heavy atom. The Morgan fingerprint density at radius 2 is 1.78 bits per heavy atom. The molecule has 1 fully saturated rings. The van der Waals surface area contributed by atoms with Gasteiger partial charge in [0.05, 0.1) is 13.2 Å². The summed E-state index contributed by atoms with van der Waals surface area (Å²) in [4.78, 5) is 13.3. The van der Waals surface area contributed by atoms with E-state index in [1.165, 1.54) is 12.6 Å². The normalized spacial score (nSPS) is 23.8. The molecule has 1 saturated heterocycles. The monoisotopic (exact) mass is 248 g/mol. The molecule has 1 aliphatic rings. The first-order chi connectivity index (χ1) is 8.58. The number of nitrogens with one attached hydrogen (secondary N) is 1. The molecule has 1 N–H and O–H groups in total. The highest BCUT2D eigenvalue weighted by Gasteiger charge is 2.25. The van der Waals surface area contributed by atoms with Crippen LogP contribution < -0.4 is 10.2 Å². The van der Waals surface area contributed by atoms with Gasteiger partial charge in [-0.1, -0.05) is 0 Å². The minimum atomic E-state index is -0.0455. The maximum absolute atomic E-state index is 11.0. The van der Waals surface area contributed by atoms with Gasteiger partial charge < -0.3 is 15.0 Å². The minimum absolute atomic E-state index is 0.0455. The Bertz CT molecular complexity index is 406. The lowest BCUT2D eigenvalue weighted by Crippen LogP contribution is -2.49. The van der Waals surface area contributed by atoms with Gasteiger partial charge in [-0.25, -0.2) is 0 Å². The summed E-state index contributed by atoms with van der Waals surface area (Å²) in [6.07, 6.45) is 0. The molecule has 0 saturated carbocycles. The number of hydrogen-bond donors (Lipinski definition) is 1. The lowest BCUT2D eigenvalue weighted by molar-refractivity contribution is -0.114. The first-order valence-electron chi connectivity index (χ1n) is 6.31. The number of nitrogens with zero attached hydrogens (tertiary/aromatic N) is 1. The number of anilines is 2. The second-order valence-electron chi connectivity index (χ2n) is 4.87. The quantitative estimate of drug-likeness (QED) is 0.873. The number of benzene rings is 1. The highest BCUT2D eigenvalue weighted by molar-refractivity contribution is 5.88. The van der Waals surface area contributed by atoms with E-state index in [4.69, 9.17) is 4.74 Å². The van der Waals surface area contributed by atoms with Crippen LogP contribution in [0.25, 0.3) is 0 Å². The van der Waals surface area contributed by atoms with Gasteiger partial charge in [0, 0.05) is 30.4 Å². The van der Waals surface area contributed by atoms with Crippen LogP contribution in [0.3, 0.4) is 0 Å². The largest absolute Gasteiger partial charge is 0.377 e. The Morgan fingerprint density at radius 1 is 1.22 bits per heavy atom. The summed E-state index contributed by atoms with van der Waals surface area (Å²) >= 11 is 0. The molecule has 0 aliphatic carbocycles. The standard InChI is InChI=1S/C14H20N2O2/c1-10-8-18-9-11(2)16(10)14-6-4-13(5-7-14)15-12(3)17/h4-7,10-11H,8-9H2,1-3H3,(H,15,17). The third-order valence-corrected chi connectivity index (χ3v) is 3.15. The van der Waals surface area contributed by atoms with E-state index >= 15 is 0 Å². The summed E-state index contributed by atoms with van der Waals surface area (Å²) in [6.45, 7) is 7.37. The summed E-state index contributed by atoms with van der Waals surface area (Å²) < 4.78 is 5.52. The molecule has 2 unspecified atom stereocenters. The lowest BCUT2D eigenvalue weighted by Gasteiger charge is -2.40. The lowest BCUT2D eigenvalue weighted by atomic mass is 10.1. The topological polar surface area (TPSA) is 41.6 Å². The van der Waals surface area contributed by atoms with Crippen LogP contribution >= 0.6 is 0 Å². The highest BCUT2D eigenvalue weighted by Crippen LogP contribution is 2.25. The van der Waals surface area contributed by atoms with Gasteiger partial charge in [-0.3, -0.25) is 4.79 Å². The zero-order valence-corrected chi connectivity index (χ0v) is 11.1. The number of morpholine rings is 1. The van der Waals surface area contributed by atoms with Crippen LogP contribution in [-0.4, -0.2) is 31.2 Å². The Labute approximate surface area is 108 Å². The molecule has 98 valence electrons. The first kappa shape index (κ1) is 12.9. The Balaban J connectivity index is 2.15. The van der Waals surface area contributed by atoms with E-state index < -0.39 is 0 Å². The summed E-state index contributed by atoms with van der Waals surface area (Å²) in [5.41, 5.74) is 2.01. The van der Waals surface area contributed by atoms with Crippen molar-refractivity contribution in [2.45, 2.75) is 32.9 Å². The van der Waals surface area contributed by atoms with E-state index in [0.29, 0.717) is 12.1 Å². The van der Waals surface area contributed by atoms with Crippen molar-refractivity contribution in [3.8, 4) is 0 Å². The molecule has 4 nitrogen and oxygen atoms in total. The number of amides is 1. The zero-order valence-electron chi connectivity index (χ0n) is 11.1. The maximum atomic E-state index is 11.0. The van der Waals surface area contributed by atoms with E-state index in [9.17, 15) is 4.79 Å². The molecular weight excluding hydrogens is 228 g/mol. The highest BCUT2D eigenvalue weighted by atomic mass is 16.5. The van der Waals surface area contributed by atoms with E-state index in [1.54, 1.807) is 0 Å². The maximum Gasteiger partial charge on any atom is 0.221 e. The Hall–Kier alpha value is -1.55. The number of carbonyl (C=O) groups excluding carboxylic acids is 1. The number of hydrogen-bond acceptors (Lipinski definition) is 3. The fourth-order valence-corrected chi connectivity index (χ4v) is 2.43. The van der Waals surface area contributed by atoms with E-state index in [-0.39, 0.29) is 5.91 Å². The zero-order chi connectivity index (χ0) is 13.1. The molecule has 1 aromatic carbocycles. The van der Waals surface area contributed by atoms with Crippen LogP contribution in [0.4, 0.5) is 11.4 Å². The van der Waals surface area contributed by atoms with Crippen LogP contribution in [0.2, 0.25) is 0 Å². The van der Waals surface area contributed by atoms with Crippen molar-refractivity contribution < 1.29 is 9.53 Å². The van der Waals surface area contributed by atoms with Crippen LogP contribution in [0.5, 0.6) is 0 Å². The fourth-order valence-electron chi connectivity index (χ4n) is 2.43. The van der Waals surface area contributed by atoms with Crippen molar-refractivity contribution in [1.82, 2.24) is 0 Å². The average Bonchev–Trinajstić information content (AvgIpc) is 2.30. The third kappa shape index (κ3) is 2.82. The number of ether oxygens (including phenoxy) is 1. The molecule has 0 radical (unpaired) electrons. The molecule has 4 heteroatoms. The molecular formula is C14H20N2O2. The molecule has 2 rings (SSSR count). The second kappa shape index (κ2) is 5.40. The van der Waals surface area contributed by atoms with Crippen LogP contribution in [-0.2, 0) is 9.53 Å². The first-order valence-corrected chi connectivity index (χ1v) is 6.31. The minimum Gasteiger partial charge on any atom is -0.377 e. The van der Waals surface area contributed by atoms with E-state index in [2.05, 4.69) is 24.1 Å². The number of carbonyl (C=O) groups is 1. The molecule has 1 heterocycles. The van der Waals surface area contributed by atoms with Crippen molar-refractivity contribution in [3.05, 3.63) is 24.3 Å². The van der Waals surface area contributed by atoms with E-state index in [0.717, 1.165) is 18.9 Å². The van der Waals surface area contributed by atoms with Gasteiger partial charge >= 0.3 is 0 Å². The molecule has 0 aromatic heterocycles. The molecule has 1 aromatic rings. The summed E-state index contributed by atoms with van der Waals surface area (Å²) in [5, 5.41) is 2.78. The van der Waals surface area contributed by atoms with Gasteiger partial charge in [0.25, 0.3) is 0 Å². The Kier molecular flexibility index (Phi) is 3.87. The smallest absolute Gasteiger partial charge is 0.221 e. The SMILES string of the molecule is CC(=O)Nc1ccc(N2C(C)COCC2C)cc1. The van der Waals surface area contributed by atoms with Crippen molar-refractivity contribution in [2.75, 3.05) is 23.4 Å². The van der Waals surface area contributed by atoms with Crippen LogP contribution in [0.15, 0.2) is 24.3 Å². The van der Waals surface area contributed by atoms with Crippen LogP contribution in [0, 0.1) is 0 Å². The molecule has 2 atom stereocenters. The fraction of sp³-hybridized carbons (Fsp3) is 0.500. The summed E-state index contributed by atoms with van der Waals surface area (Å²) in [7, 11) is 0. The van der Waals surface area contributed by atoms with Crippen molar-refractivity contribution in [1.29, 1.82) is 0 Å². The summed E-state index contributed by atoms with van der Waals surface area (Å²) in [5.74, 6) is -0.0455. The number of rotatable bonds is 2. The molecule has 1 amide bonds. The van der Waals surface area contributed by atoms with Crippen molar-refractivity contribution in [2.24, 2.45) is 0 Å². The van der Waals surface area contributed by atoms with Gasteiger partial charge in [-0.15, -0.1) is 0 Å². The van der Waals surface area contributed by atoms with Gasteiger partial charge in [0.1, 0.15) is 0 Å².